The number of β-lactam (4-membered cyclic amide) rings is 1. The van der Waals surface area contributed by atoms with Crippen LogP contribution in [0.4, 0.5) is 14.5 Å². The number of carbonyl (C=O) groups is 1. The fourth-order valence-corrected chi connectivity index (χ4v) is 5.39. The molecule has 1 fully saturated rings. The molecule has 2 aliphatic heterocycles. The summed E-state index contributed by atoms with van der Waals surface area (Å²) in [7, 11) is 0. The topological polar surface area (TPSA) is 59.0 Å². The third kappa shape index (κ3) is 4.98. The summed E-state index contributed by atoms with van der Waals surface area (Å²) < 4.78 is 38.2. The van der Waals surface area contributed by atoms with Crippen molar-refractivity contribution >= 4 is 11.6 Å². The molecule has 7 heteroatoms. The lowest BCUT2D eigenvalue weighted by atomic mass is 9.78. The molecule has 198 valence electrons. The first-order valence-corrected chi connectivity index (χ1v) is 13.0. The van der Waals surface area contributed by atoms with Crippen LogP contribution in [-0.2, 0) is 4.79 Å². The zero-order valence-electron chi connectivity index (χ0n) is 21.1. The molecule has 1 unspecified atom stereocenters. The Morgan fingerprint density at radius 2 is 1.41 bits per heavy atom. The van der Waals surface area contributed by atoms with Crippen LogP contribution in [0.5, 0.6) is 11.5 Å². The zero-order valence-corrected chi connectivity index (χ0v) is 21.1. The lowest BCUT2D eigenvalue weighted by molar-refractivity contribution is -0.131. The molecule has 4 aromatic rings. The number of fused-ring (bicyclic) bond motifs is 1. The molecular weight excluding hydrogens is 500 g/mol. The second-order valence-corrected chi connectivity index (χ2v) is 9.86. The number of amides is 1. The number of rotatable bonds is 7. The van der Waals surface area contributed by atoms with Crippen LogP contribution < -0.4 is 14.4 Å². The Hall–Kier alpha value is -4.23. The number of benzene rings is 4. The monoisotopic (exact) mass is 527 g/mol. The van der Waals surface area contributed by atoms with Crippen molar-refractivity contribution in [2.75, 3.05) is 18.1 Å². The van der Waals surface area contributed by atoms with E-state index in [1.165, 1.54) is 24.3 Å². The van der Waals surface area contributed by atoms with Gasteiger partial charge in [0.25, 0.3) is 0 Å². The van der Waals surface area contributed by atoms with E-state index in [0.717, 1.165) is 28.2 Å². The number of carbonyl (C=O) groups excluding carboxylic acids is 1. The molecule has 2 aliphatic rings. The Morgan fingerprint density at radius 3 is 2.10 bits per heavy atom. The maximum atomic E-state index is 13.6. The molecule has 3 atom stereocenters. The molecule has 1 N–H and O–H groups in total. The average molecular weight is 528 g/mol. The van der Waals surface area contributed by atoms with Gasteiger partial charge in [-0.25, -0.2) is 8.78 Å². The second-order valence-electron chi connectivity index (χ2n) is 9.86. The first-order valence-electron chi connectivity index (χ1n) is 13.0. The average Bonchev–Trinajstić information content (AvgIpc) is 2.97. The van der Waals surface area contributed by atoms with Gasteiger partial charge in [0.2, 0.25) is 5.91 Å². The van der Waals surface area contributed by atoms with Gasteiger partial charge in [0.1, 0.15) is 24.8 Å². The lowest BCUT2D eigenvalue weighted by Gasteiger charge is -2.48. The summed E-state index contributed by atoms with van der Waals surface area (Å²) >= 11 is 0. The third-order valence-corrected chi connectivity index (χ3v) is 7.45. The van der Waals surface area contributed by atoms with Crippen molar-refractivity contribution in [1.29, 1.82) is 0 Å². The summed E-state index contributed by atoms with van der Waals surface area (Å²) in [5.41, 5.74) is 4.17. The van der Waals surface area contributed by atoms with E-state index in [4.69, 9.17) is 9.47 Å². The van der Waals surface area contributed by atoms with E-state index in [9.17, 15) is 18.7 Å². The van der Waals surface area contributed by atoms with Gasteiger partial charge < -0.3 is 19.5 Å². The Kier molecular flexibility index (Phi) is 6.75. The molecular formula is C32H27F2NO4. The van der Waals surface area contributed by atoms with E-state index in [1.807, 2.05) is 42.5 Å². The van der Waals surface area contributed by atoms with E-state index in [0.29, 0.717) is 37.3 Å². The van der Waals surface area contributed by atoms with Crippen LogP contribution in [0, 0.1) is 17.6 Å². The molecule has 4 aromatic carbocycles. The maximum Gasteiger partial charge on any atom is 0.233 e. The highest BCUT2D eigenvalue weighted by Crippen LogP contribution is 2.46. The number of hydrogen-bond donors (Lipinski definition) is 1. The molecule has 39 heavy (non-hydrogen) atoms. The van der Waals surface area contributed by atoms with Gasteiger partial charge in [0.15, 0.2) is 11.5 Å². The number of ether oxygens (including phenoxy) is 2. The van der Waals surface area contributed by atoms with Crippen LogP contribution in [0.2, 0.25) is 0 Å². The van der Waals surface area contributed by atoms with Gasteiger partial charge in [-0.05, 0) is 83.6 Å². The summed E-state index contributed by atoms with van der Waals surface area (Å²) in [5, 5.41) is 10.7. The highest BCUT2D eigenvalue weighted by atomic mass is 19.1. The Bertz CT molecular complexity index is 1470. The molecule has 6 rings (SSSR count). The van der Waals surface area contributed by atoms with E-state index < -0.39 is 6.10 Å². The minimum atomic E-state index is -0.809. The van der Waals surface area contributed by atoms with Gasteiger partial charge in [-0.3, -0.25) is 4.79 Å². The van der Waals surface area contributed by atoms with Gasteiger partial charge in [0, 0.05) is 5.69 Å². The number of aliphatic hydroxyl groups excluding tert-OH is 1. The Morgan fingerprint density at radius 1 is 0.795 bits per heavy atom. The lowest BCUT2D eigenvalue weighted by Crippen LogP contribution is -2.55. The van der Waals surface area contributed by atoms with E-state index >= 15 is 0 Å². The molecule has 0 radical (unpaired) electrons. The van der Waals surface area contributed by atoms with Crippen LogP contribution in [0.15, 0.2) is 91.0 Å². The summed E-state index contributed by atoms with van der Waals surface area (Å²) in [6.07, 6.45) is -0.00847. The summed E-state index contributed by atoms with van der Waals surface area (Å²) in [4.78, 5) is 15.0. The van der Waals surface area contributed by atoms with Crippen molar-refractivity contribution in [2.45, 2.75) is 25.0 Å². The normalized spacial score (nSPS) is 18.9. The van der Waals surface area contributed by atoms with Crippen LogP contribution in [-0.4, -0.2) is 24.2 Å². The van der Waals surface area contributed by atoms with Crippen molar-refractivity contribution in [1.82, 2.24) is 0 Å². The highest BCUT2D eigenvalue weighted by Gasteiger charge is 2.48. The fraction of sp³-hybridized carbons (Fsp3) is 0.219. The number of halogens is 2. The molecule has 5 nitrogen and oxygen atoms in total. The largest absolute Gasteiger partial charge is 0.486 e. The third-order valence-electron chi connectivity index (χ3n) is 7.45. The number of aliphatic hydroxyl groups is 1. The maximum absolute atomic E-state index is 13.6. The predicted octanol–water partition coefficient (Wildman–Crippen LogP) is 6.62. The Balaban J connectivity index is 1.25. The molecule has 0 saturated carbocycles. The first kappa shape index (κ1) is 25.1. The van der Waals surface area contributed by atoms with Crippen molar-refractivity contribution in [3.05, 3.63) is 114 Å². The first-order chi connectivity index (χ1) is 19.0. The molecule has 0 aromatic heterocycles. The molecule has 0 spiro atoms. The summed E-state index contributed by atoms with van der Waals surface area (Å²) in [6.45, 7) is 1.05. The van der Waals surface area contributed by atoms with E-state index in [1.54, 1.807) is 29.2 Å². The van der Waals surface area contributed by atoms with Crippen LogP contribution in [0.25, 0.3) is 11.1 Å². The molecule has 1 saturated heterocycles. The van der Waals surface area contributed by atoms with Gasteiger partial charge in [-0.15, -0.1) is 0 Å². The smallest absolute Gasteiger partial charge is 0.233 e. The molecule has 0 bridgehead atoms. The van der Waals surface area contributed by atoms with Crippen molar-refractivity contribution in [3.8, 4) is 22.6 Å². The highest BCUT2D eigenvalue weighted by molar-refractivity contribution is 6.03. The summed E-state index contributed by atoms with van der Waals surface area (Å²) in [6, 6.07) is 25.3. The number of anilines is 1. The molecule has 2 heterocycles. The van der Waals surface area contributed by atoms with Crippen molar-refractivity contribution < 1.29 is 28.2 Å². The molecule has 1 amide bonds. The predicted molar refractivity (Wildman–Crippen MR) is 144 cm³/mol. The number of nitrogens with zero attached hydrogens (tertiary/aromatic N) is 1. The van der Waals surface area contributed by atoms with Gasteiger partial charge >= 0.3 is 0 Å². The molecule has 0 aliphatic carbocycles. The minimum absolute atomic E-state index is 0.0752. The Labute approximate surface area is 225 Å². The van der Waals surface area contributed by atoms with E-state index in [2.05, 4.69) is 0 Å². The van der Waals surface area contributed by atoms with Crippen LogP contribution >= 0.6 is 0 Å². The van der Waals surface area contributed by atoms with Gasteiger partial charge in [-0.2, -0.15) is 0 Å². The quantitative estimate of drug-likeness (QED) is 0.275. The fourth-order valence-electron chi connectivity index (χ4n) is 5.39. The minimum Gasteiger partial charge on any atom is -0.486 e. The zero-order chi connectivity index (χ0) is 26.9. The SMILES string of the molecule is O=C1C(CC[C@H](O)c2ccc(F)cc2)[C@@H](c2ccc(-c3ccc4c(c3)OCCO4)cc2)N1c1ccc(F)cc1. The second kappa shape index (κ2) is 10.5. The standard InChI is InChI=1S/C32H27F2NO4/c33-24-8-5-21(6-9-24)28(36)15-14-27-31(35(32(27)37)26-12-10-25(34)11-13-26)22-3-1-20(2-4-22)23-7-16-29-30(19-23)39-18-17-38-29/h1-13,16,19,27-28,31,36H,14-15,17-18H2/t27?,28-,31+/m0/s1. The van der Waals surface area contributed by atoms with Gasteiger partial charge in [0.05, 0.1) is 18.1 Å². The summed E-state index contributed by atoms with van der Waals surface area (Å²) in [5.74, 6) is 0.282. The van der Waals surface area contributed by atoms with E-state index in [-0.39, 0.29) is 29.5 Å². The van der Waals surface area contributed by atoms with Crippen LogP contribution in [0.1, 0.15) is 36.1 Å². The van der Waals surface area contributed by atoms with Crippen molar-refractivity contribution in [3.63, 3.8) is 0 Å². The van der Waals surface area contributed by atoms with Gasteiger partial charge in [-0.1, -0.05) is 42.5 Å². The van der Waals surface area contributed by atoms with Crippen molar-refractivity contribution in [2.24, 2.45) is 5.92 Å². The van der Waals surface area contributed by atoms with Crippen LogP contribution in [0.3, 0.4) is 0 Å². The number of hydrogen-bond acceptors (Lipinski definition) is 4.